The van der Waals surface area contributed by atoms with E-state index in [4.69, 9.17) is 14.2 Å². The topological polar surface area (TPSA) is 56.8 Å². The highest BCUT2D eigenvalue weighted by Gasteiger charge is 2.40. The van der Waals surface area contributed by atoms with Gasteiger partial charge in [-0.25, -0.2) is 0 Å². The summed E-state index contributed by atoms with van der Waals surface area (Å²) in [6.07, 6.45) is 1.31. The third-order valence-electron chi connectivity index (χ3n) is 3.90. The maximum atomic E-state index is 12.2. The number of carbonyl (C=O) groups is 1. The second kappa shape index (κ2) is 4.42. The Balaban J connectivity index is 2.37. The molecule has 3 rings (SSSR count). The Morgan fingerprint density at radius 3 is 2.37 bits per heavy atom. The number of rotatable bonds is 3. The lowest BCUT2D eigenvalue weighted by Gasteiger charge is -2.26. The average molecular weight is 263 g/mol. The number of hydrogen-bond donors (Lipinski definition) is 1. The van der Waals surface area contributed by atoms with Crippen molar-refractivity contribution < 1.29 is 19.0 Å². The molecular formula is C14H17NO4. The quantitative estimate of drug-likeness (QED) is 0.895. The Hall–Kier alpha value is -1.75. The highest BCUT2D eigenvalue weighted by molar-refractivity contribution is 6.05. The van der Waals surface area contributed by atoms with E-state index in [1.807, 2.05) is 0 Å². The van der Waals surface area contributed by atoms with Gasteiger partial charge in [0.05, 0.1) is 26.9 Å². The van der Waals surface area contributed by atoms with E-state index >= 15 is 0 Å². The van der Waals surface area contributed by atoms with Crippen molar-refractivity contribution in [2.24, 2.45) is 0 Å². The summed E-state index contributed by atoms with van der Waals surface area (Å²) in [6.45, 7) is 0.843. The molecule has 0 fully saturated rings. The van der Waals surface area contributed by atoms with Crippen molar-refractivity contribution >= 4 is 5.78 Å². The van der Waals surface area contributed by atoms with Crippen molar-refractivity contribution in [1.82, 2.24) is 5.32 Å². The Labute approximate surface area is 111 Å². The fourth-order valence-corrected chi connectivity index (χ4v) is 3.19. The SMILES string of the molecule is COc1c2c3c(c(OC)c1OC)C(=O)CC3NCC2. The number of methoxy groups -OCH3 is 3. The monoisotopic (exact) mass is 263 g/mol. The molecule has 0 bridgehead atoms. The normalized spacial score (nSPS) is 20.2. The molecule has 1 unspecified atom stereocenters. The summed E-state index contributed by atoms with van der Waals surface area (Å²) in [5.41, 5.74) is 2.77. The van der Waals surface area contributed by atoms with E-state index in [2.05, 4.69) is 5.32 Å². The first-order valence-electron chi connectivity index (χ1n) is 6.34. The number of nitrogens with one attached hydrogen (secondary N) is 1. The summed E-state index contributed by atoms with van der Waals surface area (Å²) in [5, 5.41) is 3.37. The third-order valence-corrected chi connectivity index (χ3v) is 3.90. The molecule has 1 atom stereocenters. The zero-order valence-corrected chi connectivity index (χ0v) is 11.3. The van der Waals surface area contributed by atoms with Crippen LogP contribution in [0.5, 0.6) is 17.2 Å². The summed E-state index contributed by atoms with van der Waals surface area (Å²) in [6, 6.07) is 0.0833. The van der Waals surface area contributed by atoms with Crippen LogP contribution >= 0.6 is 0 Å². The predicted molar refractivity (Wildman–Crippen MR) is 69.5 cm³/mol. The van der Waals surface area contributed by atoms with E-state index in [1.165, 1.54) is 0 Å². The van der Waals surface area contributed by atoms with Gasteiger partial charge >= 0.3 is 0 Å². The second-order valence-electron chi connectivity index (χ2n) is 4.75. The Morgan fingerprint density at radius 1 is 1.05 bits per heavy atom. The lowest BCUT2D eigenvalue weighted by Crippen LogP contribution is -2.28. The molecule has 1 aliphatic carbocycles. The number of ether oxygens (including phenoxy) is 3. The first kappa shape index (κ1) is 12.3. The van der Waals surface area contributed by atoms with Crippen LogP contribution in [0.3, 0.4) is 0 Å². The lowest BCUT2D eigenvalue weighted by atomic mass is 9.92. The van der Waals surface area contributed by atoms with Crippen molar-refractivity contribution in [3.63, 3.8) is 0 Å². The molecule has 0 radical (unpaired) electrons. The number of carbonyl (C=O) groups excluding carboxylic acids is 1. The predicted octanol–water partition coefficient (Wildman–Crippen LogP) is 1.49. The van der Waals surface area contributed by atoms with Gasteiger partial charge in [-0.05, 0) is 18.5 Å². The van der Waals surface area contributed by atoms with Crippen molar-refractivity contribution in [1.29, 1.82) is 0 Å². The summed E-state index contributed by atoms with van der Waals surface area (Å²) in [4.78, 5) is 12.2. The Morgan fingerprint density at radius 2 is 1.74 bits per heavy atom. The molecule has 1 aromatic rings. The van der Waals surface area contributed by atoms with Gasteiger partial charge in [0.15, 0.2) is 17.3 Å². The molecular weight excluding hydrogens is 246 g/mol. The molecule has 0 aromatic heterocycles. The van der Waals surface area contributed by atoms with Gasteiger partial charge in [-0.2, -0.15) is 0 Å². The zero-order chi connectivity index (χ0) is 13.6. The highest BCUT2D eigenvalue weighted by Crippen LogP contribution is 2.51. The van der Waals surface area contributed by atoms with E-state index in [1.54, 1.807) is 21.3 Å². The molecule has 102 valence electrons. The summed E-state index contributed by atoms with van der Waals surface area (Å²) < 4.78 is 16.3. The minimum Gasteiger partial charge on any atom is -0.492 e. The standard InChI is InChI=1S/C14H17NO4/c1-17-12-7-4-5-15-8-6-9(16)11(10(7)8)13(18-2)14(12)19-3/h8,15H,4-6H2,1-3H3. The number of ketones is 1. The maximum Gasteiger partial charge on any atom is 0.204 e. The van der Waals surface area contributed by atoms with Crippen LogP contribution in [0.1, 0.15) is 33.9 Å². The Kier molecular flexibility index (Phi) is 2.86. The molecule has 1 aliphatic heterocycles. The lowest BCUT2D eigenvalue weighted by molar-refractivity contribution is 0.0983. The minimum absolute atomic E-state index is 0.0833. The molecule has 0 saturated carbocycles. The van der Waals surface area contributed by atoms with Crippen LogP contribution in [0.2, 0.25) is 0 Å². The summed E-state index contributed by atoms with van der Waals surface area (Å²) in [7, 11) is 4.74. The van der Waals surface area contributed by atoms with Crippen molar-refractivity contribution in [3.8, 4) is 17.2 Å². The smallest absolute Gasteiger partial charge is 0.204 e. The first-order chi connectivity index (χ1) is 9.22. The maximum absolute atomic E-state index is 12.2. The van der Waals surface area contributed by atoms with Gasteiger partial charge in [-0.1, -0.05) is 0 Å². The molecule has 5 nitrogen and oxygen atoms in total. The van der Waals surface area contributed by atoms with Crippen LogP contribution in [0, 0.1) is 0 Å². The van der Waals surface area contributed by atoms with Crippen LogP contribution in [-0.2, 0) is 6.42 Å². The highest BCUT2D eigenvalue weighted by atomic mass is 16.5. The van der Waals surface area contributed by atoms with E-state index in [0.717, 1.165) is 24.1 Å². The molecule has 1 N–H and O–H groups in total. The molecule has 5 heteroatoms. The van der Waals surface area contributed by atoms with Gasteiger partial charge in [0.25, 0.3) is 0 Å². The van der Waals surface area contributed by atoms with E-state index < -0.39 is 0 Å². The fraction of sp³-hybridized carbons (Fsp3) is 0.500. The van der Waals surface area contributed by atoms with Gasteiger partial charge in [0.1, 0.15) is 0 Å². The molecule has 2 aliphatic rings. The summed E-state index contributed by atoms with van der Waals surface area (Å²) >= 11 is 0. The largest absolute Gasteiger partial charge is 0.492 e. The minimum atomic E-state index is 0.0833. The zero-order valence-electron chi connectivity index (χ0n) is 11.3. The average Bonchev–Trinajstić information content (AvgIpc) is 2.76. The number of benzene rings is 1. The van der Waals surface area contributed by atoms with Crippen LogP contribution in [-0.4, -0.2) is 33.7 Å². The molecule has 1 heterocycles. The summed E-state index contributed by atoms with van der Waals surface area (Å²) in [5.74, 6) is 1.82. The van der Waals surface area contributed by atoms with Crippen molar-refractivity contribution in [2.45, 2.75) is 18.9 Å². The fourth-order valence-electron chi connectivity index (χ4n) is 3.19. The molecule has 0 spiro atoms. The molecule has 0 saturated heterocycles. The van der Waals surface area contributed by atoms with E-state index in [9.17, 15) is 4.79 Å². The van der Waals surface area contributed by atoms with Crippen LogP contribution in [0.25, 0.3) is 0 Å². The second-order valence-corrected chi connectivity index (χ2v) is 4.75. The van der Waals surface area contributed by atoms with Crippen molar-refractivity contribution in [3.05, 3.63) is 16.7 Å². The Bertz CT molecular complexity index is 553. The van der Waals surface area contributed by atoms with Gasteiger partial charge in [0.2, 0.25) is 5.75 Å². The molecule has 19 heavy (non-hydrogen) atoms. The van der Waals surface area contributed by atoms with Crippen LogP contribution in [0.4, 0.5) is 0 Å². The number of Topliss-reactive ketones (excluding diaryl/α,β-unsaturated/α-hetero) is 1. The van der Waals surface area contributed by atoms with Crippen molar-refractivity contribution in [2.75, 3.05) is 27.9 Å². The van der Waals surface area contributed by atoms with Crippen LogP contribution in [0.15, 0.2) is 0 Å². The van der Waals surface area contributed by atoms with Gasteiger partial charge in [0, 0.05) is 18.0 Å². The van der Waals surface area contributed by atoms with Gasteiger partial charge < -0.3 is 19.5 Å². The molecule has 1 aromatic carbocycles. The third kappa shape index (κ3) is 1.54. The van der Waals surface area contributed by atoms with Gasteiger partial charge in [-0.15, -0.1) is 0 Å². The van der Waals surface area contributed by atoms with E-state index in [-0.39, 0.29) is 11.8 Å². The molecule has 0 amide bonds. The van der Waals surface area contributed by atoms with Crippen LogP contribution < -0.4 is 19.5 Å². The van der Waals surface area contributed by atoms with E-state index in [0.29, 0.717) is 29.2 Å². The number of hydrogen-bond acceptors (Lipinski definition) is 5. The first-order valence-corrected chi connectivity index (χ1v) is 6.34. The van der Waals surface area contributed by atoms with Gasteiger partial charge in [-0.3, -0.25) is 4.79 Å².